The Bertz CT molecular complexity index is 504. The SMILES string of the molecule is Cc1ccc(OCCn2nnc(CN)c2C)cc1. The molecule has 1 heterocycles. The number of benzene rings is 1. The van der Waals surface area contributed by atoms with E-state index in [9.17, 15) is 0 Å². The minimum atomic E-state index is 0.421. The van der Waals surface area contributed by atoms with Gasteiger partial charge in [0.15, 0.2) is 0 Å². The Hall–Kier alpha value is -1.88. The maximum Gasteiger partial charge on any atom is 0.119 e. The third-order valence-electron chi connectivity index (χ3n) is 2.86. The fraction of sp³-hybridized carbons (Fsp3) is 0.385. The molecule has 0 aliphatic heterocycles. The highest BCUT2D eigenvalue weighted by atomic mass is 16.5. The Morgan fingerprint density at radius 1 is 1.22 bits per heavy atom. The molecule has 2 rings (SSSR count). The molecule has 0 saturated carbocycles. The van der Waals surface area contributed by atoms with Crippen molar-refractivity contribution < 1.29 is 4.74 Å². The molecule has 5 heteroatoms. The highest BCUT2D eigenvalue weighted by Crippen LogP contribution is 2.11. The van der Waals surface area contributed by atoms with Crippen molar-refractivity contribution in [2.45, 2.75) is 26.9 Å². The van der Waals surface area contributed by atoms with Gasteiger partial charge in [-0.15, -0.1) is 5.10 Å². The van der Waals surface area contributed by atoms with Gasteiger partial charge in [-0.3, -0.25) is 0 Å². The summed E-state index contributed by atoms with van der Waals surface area (Å²) in [5.74, 6) is 0.873. The lowest BCUT2D eigenvalue weighted by Gasteiger charge is -2.07. The number of ether oxygens (including phenoxy) is 1. The number of aromatic nitrogens is 3. The molecule has 2 N–H and O–H groups in total. The summed E-state index contributed by atoms with van der Waals surface area (Å²) in [6, 6.07) is 7.99. The molecule has 0 aliphatic rings. The standard InChI is InChI=1S/C13H18N4O/c1-10-3-5-12(6-4-10)18-8-7-17-11(2)13(9-14)15-16-17/h3-6H,7-9,14H2,1-2H3. The largest absolute Gasteiger partial charge is 0.492 e. The van der Waals surface area contributed by atoms with Crippen LogP contribution in [0.25, 0.3) is 0 Å². The number of rotatable bonds is 5. The van der Waals surface area contributed by atoms with Gasteiger partial charge in [-0.25, -0.2) is 4.68 Å². The Kier molecular flexibility index (Phi) is 3.94. The Labute approximate surface area is 107 Å². The van der Waals surface area contributed by atoms with E-state index >= 15 is 0 Å². The van der Waals surface area contributed by atoms with E-state index in [1.807, 2.05) is 35.9 Å². The van der Waals surface area contributed by atoms with Crippen LogP contribution in [-0.4, -0.2) is 21.6 Å². The van der Waals surface area contributed by atoms with Gasteiger partial charge in [-0.1, -0.05) is 22.9 Å². The Balaban J connectivity index is 1.88. The van der Waals surface area contributed by atoms with Crippen LogP contribution in [0.15, 0.2) is 24.3 Å². The molecule has 0 atom stereocenters. The van der Waals surface area contributed by atoms with Gasteiger partial charge in [0.1, 0.15) is 12.4 Å². The molecule has 5 nitrogen and oxygen atoms in total. The zero-order chi connectivity index (χ0) is 13.0. The molecule has 0 saturated heterocycles. The lowest BCUT2D eigenvalue weighted by molar-refractivity contribution is 0.288. The smallest absolute Gasteiger partial charge is 0.119 e. The van der Waals surface area contributed by atoms with Crippen molar-refractivity contribution in [1.82, 2.24) is 15.0 Å². The first-order valence-corrected chi connectivity index (χ1v) is 5.99. The minimum absolute atomic E-state index is 0.421. The van der Waals surface area contributed by atoms with Crippen molar-refractivity contribution in [3.63, 3.8) is 0 Å². The van der Waals surface area contributed by atoms with Gasteiger partial charge in [-0.05, 0) is 26.0 Å². The molecular weight excluding hydrogens is 228 g/mol. The molecule has 1 aromatic carbocycles. The van der Waals surface area contributed by atoms with Crippen LogP contribution in [0.3, 0.4) is 0 Å². The first-order chi connectivity index (χ1) is 8.70. The van der Waals surface area contributed by atoms with E-state index < -0.39 is 0 Å². The van der Waals surface area contributed by atoms with Crippen molar-refractivity contribution in [3.8, 4) is 5.75 Å². The molecular formula is C13H18N4O. The van der Waals surface area contributed by atoms with E-state index in [2.05, 4.69) is 17.2 Å². The third-order valence-corrected chi connectivity index (χ3v) is 2.86. The lowest BCUT2D eigenvalue weighted by Crippen LogP contribution is -2.11. The van der Waals surface area contributed by atoms with Crippen LogP contribution in [0.4, 0.5) is 0 Å². The summed E-state index contributed by atoms with van der Waals surface area (Å²) >= 11 is 0. The minimum Gasteiger partial charge on any atom is -0.492 e. The molecule has 1 aromatic heterocycles. The van der Waals surface area contributed by atoms with Gasteiger partial charge < -0.3 is 10.5 Å². The summed E-state index contributed by atoms with van der Waals surface area (Å²) in [4.78, 5) is 0. The van der Waals surface area contributed by atoms with Crippen LogP contribution in [-0.2, 0) is 13.1 Å². The quantitative estimate of drug-likeness (QED) is 0.866. The third kappa shape index (κ3) is 2.87. The van der Waals surface area contributed by atoms with Crippen molar-refractivity contribution in [2.24, 2.45) is 5.73 Å². The summed E-state index contributed by atoms with van der Waals surface area (Å²) in [6.45, 7) is 5.68. The highest BCUT2D eigenvalue weighted by Gasteiger charge is 2.06. The summed E-state index contributed by atoms with van der Waals surface area (Å²) in [5.41, 5.74) is 8.62. The fourth-order valence-electron chi connectivity index (χ4n) is 1.68. The normalized spacial score (nSPS) is 10.6. The molecule has 0 bridgehead atoms. The maximum atomic E-state index is 5.64. The lowest BCUT2D eigenvalue weighted by atomic mass is 10.2. The van der Waals surface area contributed by atoms with E-state index in [0.29, 0.717) is 19.7 Å². The highest BCUT2D eigenvalue weighted by molar-refractivity contribution is 5.26. The number of nitrogens with two attached hydrogens (primary N) is 1. The van der Waals surface area contributed by atoms with Gasteiger partial charge in [0.25, 0.3) is 0 Å². The average molecular weight is 246 g/mol. The molecule has 96 valence electrons. The van der Waals surface area contributed by atoms with E-state index in [1.165, 1.54) is 5.56 Å². The number of hydrogen-bond acceptors (Lipinski definition) is 4. The van der Waals surface area contributed by atoms with Crippen molar-refractivity contribution in [1.29, 1.82) is 0 Å². The van der Waals surface area contributed by atoms with E-state index in [-0.39, 0.29) is 0 Å². The van der Waals surface area contributed by atoms with Gasteiger partial charge in [0.05, 0.1) is 17.9 Å². The summed E-state index contributed by atoms with van der Waals surface area (Å²) in [7, 11) is 0. The maximum absolute atomic E-state index is 5.64. The first kappa shape index (κ1) is 12.6. The second kappa shape index (κ2) is 5.64. The van der Waals surface area contributed by atoms with E-state index in [1.54, 1.807) is 0 Å². The van der Waals surface area contributed by atoms with Gasteiger partial charge >= 0.3 is 0 Å². The summed E-state index contributed by atoms with van der Waals surface area (Å²) < 4.78 is 7.46. The second-order valence-corrected chi connectivity index (χ2v) is 4.21. The van der Waals surface area contributed by atoms with Gasteiger partial charge in [-0.2, -0.15) is 0 Å². The zero-order valence-electron chi connectivity index (χ0n) is 10.8. The Morgan fingerprint density at radius 2 is 1.94 bits per heavy atom. The second-order valence-electron chi connectivity index (χ2n) is 4.21. The molecule has 2 aromatic rings. The summed E-state index contributed by atoms with van der Waals surface area (Å²) in [6.07, 6.45) is 0. The van der Waals surface area contributed by atoms with Crippen LogP contribution >= 0.6 is 0 Å². The molecule has 0 spiro atoms. The predicted molar refractivity (Wildman–Crippen MR) is 69.3 cm³/mol. The number of aryl methyl sites for hydroxylation is 1. The zero-order valence-corrected chi connectivity index (χ0v) is 10.8. The Morgan fingerprint density at radius 3 is 2.56 bits per heavy atom. The van der Waals surface area contributed by atoms with Crippen molar-refractivity contribution >= 4 is 0 Å². The molecule has 18 heavy (non-hydrogen) atoms. The van der Waals surface area contributed by atoms with Gasteiger partial charge in [0.2, 0.25) is 0 Å². The number of nitrogens with zero attached hydrogens (tertiary/aromatic N) is 3. The van der Waals surface area contributed by atoms with Gasteiger partial charge in [0, 0.05) is 6.54 Å². The summed E-state index contributed by atoms with van der Waals surface area (Å²) in [5, 5.41) is 8.04. The number of hydrogen-bond donors (Lipinski definition) is 1. The molecule has 0 aliphatic carbocycles. The predicted octanol–water partition coefficient (Wildman–Crippen LogP) is 1.43. The van der Waals surface area contributed by atoms with Crippen LogP contribution in [0.1, 0.15) is 17.0 Å². The fourth-order valence-corrected chi connectivity index (χ4v) is 1.68. The van der Waals surface area contributed by atoms with Crippen LogP contribution in [0.5, 0.6) is 5.75 Å². The van der Waals surface area contributed by atoms with E-state index in [0.717, 1.165) is 17.1 Å². The monoisotopic (exact) mass is 246 g/mol. The van der Waals surface area contributed by atoms with Crippen LogP contribution in [0, 0.1) is 13.8 Å². The topological polar surface area (TPSA) is 66.0 Å². The van der Waals surface area contributed by atoms with Crippen molar-refractivity contribution in [2.75, 3.05) is 6.61 Å². The van der Waals surface area contributed by atoms with Crippen LogP contribution in [0.2, 0.25) is 0 Å². The molecule has 0 radical (unpaired) electrons. The van der Waals surface area contributed by atoms with E-state index in [4.69, 9.17) is 10.5 Å². The molecule has 0 amide bonds. The first-order valence-electron chi connectivity index (χ1n) is 5.99. The van der Waals surface area contributed by atoms with Crippen LogP contribution < -0.4 is 10.5 Å². The molecule has 0 fully saturated rings. The van der Waals surface area contributed by atoms with Crippen molar-refractivity contribution in [3.05, 3.63) is 41.2 Å². The molecule has 0 unspecified atom stereocenters. The average Bonchev–Trinajstić information content (AvgIpc) is 2.73.